The second-order valence-electron chi connectivity index (χ2n) is 10.6. The standard InChI is InChI=1S/C29H36N6O2/c1-20(2)14-15-34(28(37)31-23-12-9-11-22(16-23)18-30)19-27(36)32-26-17-25(29(4,5)6)33-35(26)24-13-8-7-10-21(24)3/h7-13,16-17,20H,14-15,19H2,1-6H3,(H,31,37)(H,32,36). The molecule has 0 aliphatic rings. The predicted octanol–water partition coefficient (Wildman–Crippen LogP) is 5.87. The van der Waals surface area contributed by atoms with Gasteiger partial charge in [0, 0.05) is 23.7 Å². The summed E-state index contributed by atoms with van der Waals surface area (Å²) in [5.41, 5.74) is 3.49. The van der Waals surface area contributed by atoms with E-state index in [2.05, 4.69) is 51.3 Å². The van der Waals surface area contributed by atoms with Gasteiger partial charge in [0.1, 0.15) is 12.4 Å². The molecule has 0 bridgehead atoms. The molecule has 37 heavy (non-hydrogen) atoms. The number of urea groups is 1. The second kappa shape index (κ2) is 11.7. The van der Waals surface area contributed by atoms with Crippen LogP contribution in [-0.2, 0) is 10.2 Å². The quantitative estimate of drug-likeness (QED) is 0.404. The lowest BCUT2D eigenvalue weighted by atomic mass is 9.92. The number of carbonyl (C=O) groups excluding carboxylic acids is 2. The van der Waals surface area contributed by atoms with Crippen LogP contribution in [0.5, 0.6) is 0 Å². The Labute approximate surface area is 219 Å². The van der Waals surface area contributed by atoms with Crippen LogP contribution in [0.4, 0.5) is 16.3 Å². The number of amides is 3. The number of nitriles is 1. The van der Waals surface area contributed by atoms with Gasteiger partial charge in [-0.05, 0) is 49.1 Å². The summed E-state index contributed by atoms with van der Waals surface area (Å²) in [6, 6.07) is 18.1. The number of anilines is 2. The van der Waals surface area contributed by atoms with Crippen LogP contribution in [0.2, 0.25) is 0 Å². The highest BCUT2D eigenvalue weighted by Gasteiger charge is 2.24. The molecule has 0 spiro atoms. The van der Waals surface area contributed by atoms with Crippen molar-refractivity contribution in [2.24, 2.45) is 5.92 Å². The van der Waals surface area contributed by atoms with Gasteiger partial charge in [-0.15, -0.1) is 0 Å². The Morgan fingerprint density at radius 1 is 1.08 bits per heavy atom. The van der Waals surface area contributed by atoms with Crippen LogP contribution in [0.15, 0.2) is 54.6 Å². The van der Waals surface area contributed by atoms with Gasteiger partial charge in [-0.1, -0.05) is 58.9 Å². The third-order valence-corrected chi connectivity index (χ3v) is 5.93. The lowest BCUT2D eigenvalue weighted by Crippen LogP contribution is -2.41. The number of hydrogen-bond acceptors (Lipinski definition) is 4. The van der Waals surface area contributed by atoms with Crippen LogP contribution in [-0.4, -0.2) is 39.7 Å². The summed E-state index contributed by atoms with van der Waals surface area (Å²) in [5, 5.41) is 19.7. The third-order valence-electron chi connectivity index (χ3n) is 5.93. The van der Waals surface area contributed by atoms with E-state index in [0.29, 0.717) is 29.5 Å². The highest BCUT2D eigenvalue weighted by atomic mass is 16.2. The number of para-hydroxylation sites is 1. The zero-order chi connectivity index (χ0) is 27.2. The first-order valence-corrected chi connectivity index (χ1v) is 12.5. The maximum atomic E-state index is 13.2. The Morgan fingerprint density at radius 2 is 1.81 bits per heavy atom. The molecule has 1 aromatic heterocycles. The van der Waals surface area contributed by atoms with Crippen LogP contribution in [0, 0.1) is 24.2 Å². The average molecular weight is 501 g/mol. The molecule has 3 aromatic rings. The van der Waals surface area contributed by atoms with Crippen molar-refractivity contribution in [1.29, 1.82) is 5.26 Å². The lowest BCUT2D eigenvalue weighted by Gasteiger charge is -2.23. The minimum atomic E-state index is -0.395. The maximum Gasteiger partial charge on any atom is 0.322 e. The Kier molecular flexibility index (Phi) is 8.72. The van der Waals surface area contributed by atoms with Gasteiger partial charge >= 0.3 is 6.03 Å². The maximum absolute atomic E-state index is 13.2. The van der Waals surface area contributed by atoms with Gasteiger partial charge in [0.05, 0.1) is 23.0 Å². The fraction of sp³-hybridized carbons (Fsp3) is 0.379. The second-order valence-corrected chi connectivity index (χ2v) is 10.6. The molecule has 0 atom stereocenters. The molecule has 0 unspecified atom stereocenters. The van der Waals surface area contributed by atoms with E-state index >= 15 is 0 Å². The molecule has 0 radical (unpaired) electrons. The molecule has 3 amide bonds. The first-order chi connectivity index (χ1) is 17.5. The van der Waals surface area contributed by atoms with Gasteiger partial charge in [0.15, 0.2) is 0 Å². The Balaban J connectivity index is 1.83. The number of aromatic nitrogens is 2. The van der Waals surface area contributed by atoms with Crippen LogP contribution < -0.4 is 10.6 Å². The van der Waals surface area contributed by atoms with Crippen molar-refractivity contribution >= 4 is 23.4 Å². The summed E-state index contributed by atoms with van der Waals surface area (Å²) in [4.78, 5) is 27.8. The summed E-state index contributed by atoms with van der Waals surface area (Å²) < 4.78 is 1.75. The van der Waals surface area contributed by atoms with E-state index in [4.69, 9.17) is 10.4 Å². The predicted molar refractivity (Wildman–Crippen MR) is 147 cm³/mol. The summed E-state index contributed by atoms with van der Waals surface area (Å²) >= 11 is 0. The average Bonchev–Trinajstić information content (AvgIpc) is 3.26. The van der Waals surface area contributed by atoms with Crippen molar-refractivity contribution in [2.75, 3.05) is 23.7 Å². The van der Waals surface area contributed by atoms with Gasteiger partial charge < -0.3 is 15.5 Å². The summed E-state index contributed by atoms with van der Waals surface area (Å²) in [6.07, 6.45) is 0.744. The first-order valence-electron chi connectivity index (χ1n) is 12.5. The van der Waals surface area contributed by atoms with E-state index in [9.17, 15) is 9.59 Å². The van der Waals surface area contributed by atoms with Gasteiger partial charge in [-0.3, -0.25) is 4.79 Å². The zero-order valence-corrected chi connectivity index (χ0v) is 22.5. The lowest BCUT2D eigenvalue weighted by molar-refractivity contribution is -0.116. The number of nitrogens with zero attached hydrogens (tertiary/aromatic N) is 4. The third kappa shape index (κ3) is 7.43. The van der Waals surface area contributed by atoms with Gasteiger partial charge in [0.2, 0.25) is 5.91 Å². The van der Waals surface area contributed by atoms with E-state index in [1.165, 1.54) is 4.90 Å². The summed E-state index contributed by atoms with van der Waals surface area (Å²) in [6.45, 7) is 12.6. The molecule has 3 rings (SSSR count). The van der Waals surface area contributed by atoms with Crippen molar-refractivity contribution in [3.63, 3.8) is 0 Å². The molecule has 0 aliphatic heterocycles. The summed E-state index contributed by atoms with van der Waals surface area (Å²) in [5.74, 6) is 0.590. The van der Waals surface area contributed by atoms with Crippen LogP contribution >= 0.6 is 0 Å². The van der Waals surface area contributed by atoms with Crippen LogP contribution in [0.25, 0.3) is 5.69 Å². The molecule has 0 fully saturated rings. The molecule has 2 N–H and O–H groups in total. The largest absolute Gasteiger partial charge is 0.322 e. The summed E-state index contributed by atoms with van der Waals surface area (Å²) in [7, 11) is 0. The number of hydrogen-bond donors (Lipinski definition) is 2. The van der Waals surface area contributed by atoms with Gasteiger partial charge in [-0.2, -0.15) is 10.4 Å². The molecule has 8 nitrogen and oxygen atoms in total. The number of aryl methyl sites for hydroxylation is 1. The minimum absolute atomic E-state index is 0.125. The first kappa shape index (κ1) is 27.5. The SMILES string of the molecule is Cc1ccccc1-n1nc(C(C)(C)C)cc1NC(=O)CN(CCC(C)C)C(=O)Nc1cccc(C#N)c1. The van der Waals surface area contributed by atoms with Crippen LogP contribution in [0.3, 0.4) is 0 Å². The molecule has 0 saturated heterocycles. The molecule has 8 heteroatoms. The number of carbonyl (C=O) groups is 2. The molecule has 2 aromatic carbocycles. The zero-order valence-electron chi connectivity index (χ0n) is 22.5. The van der Waals surface area contributed by atoms with Crippen molar-refractivity contribution < 1.29 is 9.59 Å². The van der Waals surface area contributed by atoms with Gasteiger partial charge in [0.25, 0.3) is 0 Å². The van der Waals surface area contributed by atoms with E-state index in [1.54, 1.807) is 28.9 Å². The van der Waals surface area contributed by atoms with E-state index in [0.717, 1.165) is 23.4 Å². The van der Waals surface area contributed by atoms with Crippen molar-refractivity contribution in [2.45, 2.75) is 53.4 Å². The van der Waals surface area contributed by atoms with Crippen molar-refractivity contribution in [3.05, 3.63) is 71.4 Å². The minimum Gasteiger partial charge on any atom is -0.315 e. The van der Waals surface area contributed by atoms with E-state index in [-0.39, 0.29) is 17.9 Å². The molecule has 0 aliphatic carbocycles. The molecular weight excluding hydrogens is 464 g/mol. The molecular formula is C29H36N6O2. The van der Waals surface area contributed by atoms with Crippen LogP contribution in [0.1, 0.15) is 57.9 Å². The van der Waals surface area contributed by atoms with E-state index in [1.807, 2.05) is 37.3 Å². The number of nitrogens with one attached hydrogen (secondary N) is 2. The fourth-order valence-electron chi connectivity index (χ4n) is 3.71. The Bertz CT molecular complexity index is 1300. The Morgan fingerprint density at radius 3 is 2.46 bits per heavy atom. The smallest absolute Gasteiger partial charge is 0.315 e. The molecule has 1 heterocycles. The van der Waals surface area contributed by atoms with Crippen molar-refractivity contribution in [1.82, 2.24) is 14.7 Å². The van der Waals surface area contributed by atoms with Gasteiger partial charge in [-0.25, -0.2) is 9.48 Å². The monoisotopic (exact) mass is 500 g/mol. The number of benzene rings is 2. The highest BCUT2D eigenvalue weighted by molar-refractivity contribution is 5.96. The normalized spacial score (nSPS) is 11.2. The van der Waals surface area contributed by atoms with E-state index < -0.39 is 6.03 Å². The topological polar surface area (TPSA) is 103 Å². The Hall–Kier alpha value is -4.12. The molecule has 194 valence electrons. The highest BCUT2D eigenvalue weighted by Crippen LogP contribution is 2.27. The fourth-order valence-corrected chi connectivity index (χ4v) is 3.71. The van der Waals surface area contributed by atoms with Crippen molar-refractivity contribution in [3.8, 4) is 11.8 Å². The number of rotatable bonds is 8. The molecule has 0 saturated carbocycles.